The fraction of sp³-hybridized carbons (Fsp3) is 0.500. The third-order valence-electron chi connectivity index (χ3n) is 2.71. The fourth-order valence-corrected chi connectivity index (χ4v) is 2.88. The summed E-state index contributed by atoms with van der Waals surface area (Å²) < 4.78 is 9.88. The molecule has 8 heteroatoms. The van der Waals surface area contributed by atoms with Crippen molar-refractivity contribution in [1.29, 1.82) is 0 Å². The molecule has 1 saturated heterocycles. The minimum absolute atomic E-state index is 0.0483. The Balaban J connectivity index is 2.16. The first-order valence-corrected chi connectivity index (χ1v) is 7.00. The summed E-state index contributed by atoms with van der Waals surface area (Å²) in [4.78, 5) is 36.1. The van der Waals surface area contributed by atoms with E-state index in [0.717, 1.165) is 11.8 Å². The van der Waals surface area contributed by atoms with Crippen LogP contribution in [0.3, 0.4) is 0 Å². The second-order valence-electron chi connectivity index (χ2n) is 4.21. The summed E-state index contributed by atoms with van der Waals surface area (Å²) in [6.45, 7) is 3.67. The Bertz CT molecular complexity index is 542. The molecule has 0 N–H and O–H groups in total. The first-order valence-electron chi connectivity index (χ1n) is 6.12. The van der Waals surface area contributed by atoms with Gasteiger partial charge in [0.15, 0.2) is 5.12 Å². The van der Waals surface area contributed by atoms with E-state index in [2.05, 4.69) is 5.16 Å². The van der Waals surface area contributed by atoms with Gasteiger partial charge in [0.1, 0.15) is 5.56 Å². The Morgan fingerprint density at radius 2 is 2.35 bits per heavy atom. The standard InChI is InChI=1S/C12H14N2O5S/c1-3-18-12(17)9-5-13-19-11(9)14-6-8(4-10(14)16)20-7(2)15/h5,8H,3-4,6H2,1-2H3. The Morgan fingerprint density at radius 3 is 3.00 bits per heavy atom. The summed E-state index contributed by atoms with van der Waals surface area (Å²) in [5.41, 5.74) is 0.119. The molecule has 2 heterocycles. The number of amides is 1. The van der Waals surface area contributed by atoms with Crippen LogP contribution >= 0.6 is 11.8 Å². The van der Waals surface area contributed by atoms with E-state index in [9.17, 15) is 14.4 Å². The molecule has 1 amide bonds. The summed E-state index contributed by atoms with van der Waals surface area (Å²) in [6.07, 6.45) is 1.46. The second kappa shape index (κ2) is 6.08. The number of ether oxygens (including phenoxy) is 1. The molecule has 1 aliphatic rings. The van der Waals surface area contributed by atoms with Gasteiger partial charge in [0.2, 0.25) is 11.8 Å². The molecule has 1 aromatic heterocycles. The minimum Gasteiger partial charge on any atom is -0.462 e. The molecule has 2 rings (SSSR count). The van der Waals surface area contributed by atoms with E-state index in [0.29, 0.717) is 6.54 Å². The number of rotatable bonds is 4. The van der Waals surface area contributed by atoms with Crippen molar-refractivity contribution < 1.29 is 23.6 Å². The van der Waals surface area contributed by atoms with Crippen LogP contribution < -0.4 is 4.90 Å². The molecular weight excluding hydrogens is 284 g/mol. The Morgan fingerprint density at radius 1 is 1.60 bits per heavy atom. The number of carbonyl (C=O) groups is 3. The normalized spacial score (nSPS) is 18.4. The molecule has 20 heavy (non-hydrogen) atoms. The minimum atomic E-state index is -0.584. The summed E-state index contributed by atoms with van der Waals surface area (Å²) in [5, 5.41) is 3.36. The lowest BCUT2D eigenvalue weighted by Crippen LogP contribution is -2.26. The van der Waals surface area contributed by atoms with Gasteiger partial charge >= 0.3 is 5.97 Å². The lowest BCUT2D eigenvalue weighted by atomic mass is 10.3. The Kier molecular flexibility index (Phi) is 4.43. The molecule has 1 aliphatic heterocycles. The van der Waals surface area contributed by atoms with E-state index >= 15 is 0 Å². The van der Waals surface area contributed by atoms with Gasteiger partial charge in [-0.15, -0.1) is 0 Å². The first kappa shape index (κ1) is 14.6. The van der Waals surface area contributed by atoms with Crippen LogP contribution in [0.15, 0.2) is 10.7 Å². The van der Waals surface area contributed by atoms with Gasteiger partial charge in [-0.25, -0.2) is 4.79 Å². The van der Waals surface area contributed by atoms with Crippen LogP contribution in [-0.2, 0) is 14.3 Å². The van der Waals surface area contributed by atoms with Crippen LogP contribution in [-0.4, -0.2) is 40.6 Å². The number of hydrogen-bond acceptors (Lipinski definition) is 7. The molecule has 1 atom stereocenters. The van der Waals surface area contributed by atoms with Gasteiger partial charge in [-0.1, -0.05) is 16.9 Å². The molecule has 0 saturated carbocycles. The number of anilines is 1. The van der Waals surface area contributed by atoms with Crippen molar-refractivity contribution in [2.45, 2.75) is 25.5 Å². The fourth-order valence-electron chi connectivity index (χ4n) is 1.96. The zero-order valence-corrected chi connectivity index (χ0v) is 11.9. The predicted molar refractivity (Wildman–Crippen MR) is 71.5 cm³/mol. The van der Waals surface area contributed by atoms with Crippen LogP contribution in [0.2, 0.25) is 0 Å². The van der Waals surface area contributed by atoms with Crippen LogP contribution in [0.5, 0.6) is 0 Å². The highest BCUT2D eigenvalue weighted by Crippen LogP contribution is 2.30. The number of hydrogen-bond donors (Lipinski definition) is 0. The first-order chi connectivity index (χ1) is 9.52. The number of aromatic nitrogens is 1. The summed E-state index contributed by atoms with van der Waals surface area (Å²) in [5.74, 6) is -0.703. The van der Waals surface area contributed by atoms with Crippen LogP contribution in [0.4, 0.5) is 5.88 Å². The topological polar surface area (TPSA) is 89.7 Å². The molecular formula is C12H14N2O5S. The molecule has 0 radical (unpaired) electrons. The van der Waals surface area contributed by atoms with Crippen LogP contribution in [0.25, 0.3) is 0 Å². The van der Waals surface area contributed by atoms with Crippen molar-refractivity contribution in [2.75, 3.05) is 18.1 Å². The lowest BCUT2D eigenvalue weighted by Gasteiger charge is -2.13. The average Bonchev–Trinajstić information content (AvgIpc) is 2.95. The average molecular weight is 298 g/mol. The van der Waals surface area contributed by atoms with Crippen LogP contribution in [0, 0.1) is 0 Å². The molecule has 7 nitrogen and oxygen atoms in total. The molecule has 0 spiro atoms. The summed E-state index contributed by atoms with van der Waals surface area (Å²) >= 11 is 1.11. The highest BCUT2D eigenvalue weighted by molar-refractivity contribution is 8.14. The largest absolute Gasteiger partial charge is 0.462 e. The molecule has 1 fully saturated rings. The van der Waals surface area contributed by atoms with Crippen molar-refractivity contribution >= 4 is 34.6 Å². The van der Waals surface area contributed by atoms with Crippen molar-refractivity contribution in [2.24, 2.45) is 0 Å². The Hall–Kier alpha value is -1.83. The monoisotopic (exact) mass is 298 g/mol. The van der Waals surface area contributed by atoms with E-state index < -0.39 is 5.97 Å². The van der Waals surface area contributed by atoms with Crippen molar-refractivity contribution in [3.8, 4) is 0 Å². The van der Waals surface area contributed by atoms with Crippen molar-refractivity contribution in [1.82, 2.24) is 5.16 Å². The smallest absolute Gasteiger partial charge is 0.345 e. The molecule has 0 aliphatic carbocycles. The van der Waals surface area contributed by atoms with Gasteiger partial charge < -0.3 is 9.26 Å². The molecule has 1 unspecified atom stereocenters. The maximum atomic E-state index is 12.0. The van der Waals surface area contributed by atoms with Crippen molar-refractivity contribution in [3.63, 3.8) is 0 Å². The zero-order chi connectivity index (χ0) is 14.7. The van der Waals surface area contributed by atoms with E-state index in [-0.39, 0.29) is 40.7 Å². The molecule has 0 bridgehead atoms. The number of esters is 1. The maximum Gasteiger partial charge on any atom is 0.345 e. The van der Waals surface area contributed by atoms with E-state index in [1.54, 1.807) is 6.92 Å². The van der Waals surface area contributed by atoms with Gasteiger partial charge in [0, 0.05) is 25.1 Å². The summed E-state index contributed by atoms with van der Waals surface area (Å²) in [6, 6.07) is 0. The van der Waals surface area contributed by atoms with E-state index in [1.165, 1.54) is 18.0 Å². The van der Waals surface area contributed by atoms with E-state index in [1.807, 2.05) is 0 Å². The number of nitrogens with zero attached hydrogens (tertiary/aromatic N) is 2. The van der Waals surface area contributed by atoms with Gasteiger partial charge in [-0.05, 0) is 6.92 Å². The van der Waals surface area contributed by atoms with Crippen LogP contribution in [0.1, 0.15) is 30.6 Å². The van der Waals surface area contributed by atoms with Crippen molar-refractivity contribution in [3.05, 3.63) is 11.8 Å². The Labute approximate surface area is 119 Å². The SMILES string of the molecule is CCOC(=O)c1cnoc1N1CC(SC(C)=O)CC1=O. The third kappa shape index (κ3) is 3.01. The number of thioether (sulfide) groups is 1. The van der Waals surface area contributed by atoms with Gasteiger partial charge in [0.25, 0.3) is 0 Å². The van der Waals surface area contributed by atoms with Gasteiger partial charge in [0.05, 0.1) is 12.8 Å². The van der Waals surface area contributed by atoms with Gasteiger partial charge in [-0.3, -0.25) is 14.5 Å². The molecule has 1 aromatic rings. The quantitative estimate of drug-likeness (QED) is 0.772. The predicted octanol–water partition coefficient (Wildman–Crippen LogP) is 1.24. The highest BCUT2D eigenvalue weighted by atomic mass is 32.2. The lowest BCUT2D eigenvalue weighted by molar-refractivity contribution is -0.117. The highest BCUT2D eigenvalue weighted by Gasteiger charge is 2.36. The molecule has 0 aromatic carbocycles. The third-order valence-corrected chi connectivity index (χ3v) is 3.70. The number of carbonyl (C=O) groups excluding carboxylic acids is 3. The second-order valence-corrected chi connectivity index (χ2v) is 5.68. The summed E-state index contributed by atoms with van der Waals surface area (Å²) in [7, 11) is 0. The molecule has 108 valence electrons. The maximum absolute atomic E-state index is 12.0. The van der Waals surface area contributed by atoms with E-state index in [4.69, 9.17) is 9.26 Å². The van der Waals surface area contributed by atoms with Gasteiger partial charge in [-0.2, -0.15) is 0 Å². The zero-order valence-electron chi connectivity index (χ0n) is 11.1.